The molecule has 10 heteroatoms. The predicted molar refractivity (Wildman–Crippen MR) is 113 cm³/mol. The molecule has 4 rings (SSSR count). The van der Waals surface area contributed by atoms with Crippen molar-refractivity contribution in [2.24, 2.45) is 15.9 Å². The summed E-state index contributed by atoms with van der Waals surface area (Å²) >= 11 is 8.82. The van der Waals surface area contributed by atoms with Gasteiger partial charge in [-0.3, -0.25) is 4.79 Å². The number of rotatable bonds is 6. The summed E-state index contributed by atoms with van der Waals surface area (Å²) in [6.07, 6.45) is 5.11. The first-order valence-corrected chi connectivity index (χ1v) is 10.4. The molecule has 2 aromatic rings. The molecule has 0 bridgehead atoms. The maximum Gasteiger partial charge on any atom is 0.260 e. The van der Waals surface area contributed by atoms with Crippen molar-refractivity contribution in [3.8, 4) is 5.75 Å². The minimum atomic E-state index is -0.436. The van der Waals surface area contributed by atoms with Gasteiger partial charge in [-0.1, -0.05) is 52.9 Å². The number of halogens is 1. The zero-order chi connectivity index (χ0) is 19.5. The molecule has 1 aliphatic carbocycles. The molecular weight excluding hydrogens is 418 g/mol. The third kappa shape index (κ3) is 4.16. The quantitative estimate of drug-likeness (QED) is 0.693. The van der Waals surface area contributed by atoms with Crippen LogP contribution in [0.15, 0.2) is 61.9 Å². The molecule has 0 fully saturated rings. The van der Waals surface area contributed by atoms with Crippen LogP contribution in [0.4, 0.5) is 10.8 Å². The highest BCUT2D eigenvalue weighted by Gasteiger charge is 2.27. The van der Waals surface area contributed by atoms with Crippen LogP contribution >= 0.6 is 34.7 Å². The summed E-state index contributed by atoms with van der Waals surface area (Å²) in [4.78, 5) is 20.7. The highest BCUT2D eigenvalue weighted by Crippen LogP contribution is 2.32. The molecule has 1 atom stereocenters. The number of ether oxygens (including phenoxy) is 1. The van der Waals surface area contributed by atoms with E-state index in [1.807, 2.05) is 24.3 Å². The first kappa shape index (κ1) is 18.9. The molecule has 142 valence electrons. The number of benzene rings is 1. The van der Waals surface area contributed by atoms with E-state index in [0.29, 0.717) is 27.5 Å². The molecule has 1 aromatic carbocycles. The van der Waals surface area contributed by atoms with Crippen LogP contribution in [0.3, 0.4) is 0 Å². The lowest BCUT2D eigenvalue weighted by Gasteiger charge is -2.18. The normalized spacial score (nSPS) is 18.1. The molecule has 1 N–H and O–H groups in total. The SMILES string of the molecule is COc1ccccc1Nc1nnc(SCC2=NC(=O)C3C=CC(Cl)=CC3=N2)s1. The summed E-state index contributed by atoms with van der Waals surface area (Å²) < 4.78 is 6.06. The number of carbonyl (C=O) groups excluding carboxylic acids is 1. The van der Waals surface area contributed by atoms with Crippen molar-refractivity contribution < 1.29 is 9.53 Å². The number of anilines is 2. The lowest BCUT2D eigenvalue weighted by atomic mass is 9.96. The van der Waals surface area contributed by atoms with Gasteiger partial charge in [0.1, 0.15) is 17.5 Å². The first-order valence-electron chi connectivity index (χ1n) is 8.24. The summed E-state index contributed by atoms with van der Waals surface area (Å²) in [5.41, 5.74) is 1.44. The number of nitrogens with zero attached hydrogens (tertiary/aromatic N) is 4. The summed E-state index contributed by atoms with van der Waals surface area (Å²) in [5, 5.41) is 12.7. The fourth-order valence-corrected chi connectivity index (χ4v) is 4.42. The molecule has 0 saturated heterocycles. The molecule has 1 amide bonds. The zero-order valence-corrected chi connectivity index (χ0v) is 17.0. The van der Waals surface area contributed by atoms with Crippen molar-refractivity contribution in [1.82, 2.24) is 10.2 Å². The lowest BCUT2D eigenvalue weighted by molar-refractivity contribution is -0.118. The Morgan fingerprint density at radius 2 is 2.14 bits per heavy atom. The van der Waals surface area contributed by atoms with Gasteiger partial charge in [-0.25, -0.2) is 4.99 Å². The van der Waals surface area contributed by atoms with E-state index in [2.05, 4.69) is 25.5 Å². The third-order valence-electron chi connectivity index (χ3n) is 3.90. The first-order chi connectivity index (χ1) is 13.6. The molecular formula is C18H14ClN5O2S2. The van der Waals surface area contributed by atoms with E-state index in [1.165, 1.54) is 23.1 Å². The van der Waals surface area contributed by atoms with E-state index in [-0.39, 0.29) is 5.91 Å². The maximum absolute atomic E-state index is 12.2. The van der Waals surface area contributed by atoms with Gasteiger partial charge in [0, 0.05) is 5.03 Å². The third-order valence-corrected chi connectivity index (χ3v) is 6.10. The molecule has 1 aromatic heterocycles. The van der Waals surface area contributed by atoms with Crippen molar-refractivity contribution >= 4 is 63.0 Å². The minimum absolute atomic E-state index is 0.229. The van der Waals surface area contributed by atoms with E-state index in [0.717, 1.165) is 15.8 Å². The van der Waals surface area contributed by atoms with Crippen molar-refractivity contribution in [2.75, 3.05) is 18.2 Å². The van der Waals surface area contributed by atoms with Gasteiger partial charge in [0.2, 0.25) is 5.13 Å². The van der Waals surface area contributed by atoms with Crippen molar-refractivity contribution in [3.05, 3.63) is 47.5 Å². The number of amides is 1. The number of hydrogen-bond donors (Lipinski definition) is 1. The van der Waals surface area contributed by atoms with E-state index in [1.54, 1.807) is 25.3 Å². The molecule has 2 heterocycles. The van der Waals surface area contributed by atoms with E-state index in [4.69, 9.17) is 16.3 Å². The fourth-order valence-electron chi connectivity index (χ4n) is 2.62. The Morgan fingerprint density at radius 1 is 1.29 bits per heavy atom. The number of methoxy groups -OCH3 is 1. The Kier molecular flexibility index (Phi) is 5.56. The van der Waals surface area contributed by atoms with Crippen LogP contribution in [0.25, 0.3) is 0 Å². The predicted octanol–water partition coefficient (Wildman–Crippen LogP) is 4.07. The van der Waals surface area contributed by atoms with Gasteiger partial charge in [-0.15, -0.1) is 10.2 Å². The molecule has 0 radical (unpaired) electrons. The van der Waals surface area contributed by atoms with E-state index in [9.17, 15) is 4.79 Å². The summed E-state index contributed by atoms with van der Waals surface area (Å²) in [5.74, 6) is 0.926. The van der Waals surface area contributed by atoms with Crippen molar-refractivity contribution in [3.63, 3.8) is 0 Å². The number of hydrogen-bond acceptors (Lipinski definition) is 8. The summed E-state index contributed by atoms with van der Waals surface area (Å²) in [6.45, 7) is 0. The van der Waals surface area contributed by atoms with Gasteiger partial charge in [0.05, 0.1) is 24.3 Å². The number of allylic oxidation sites excluding steroid dienone is 3. The van der Waals surface area contributed by atoms with Crippen LogP contribution in [0.2, 0.25) is 0 Å². The van der Waals surface area contributed by atoms with Crippen LogP contribution in [-0.2, 0) is 4.79 Å². The number of aromatic nitrogens is 2. The number of nitrogens with one attached hydrogen (secondary N) is 1. The Bertz CT molecular complexity index is 1040. The Hall–Kier alpha value is -2.49. The minimum Gasteiger partial charge on any atom is -0.495 e. The fraction of sp³-hybridized carbons (Fsp3) is 0.167. The standard InChI is InChI=1S/C18H14ClN5O2S2/c1-26-14-5-3-2-4-12(14)21-17-23-24-18(28-17)27-9-15-20-13-8-10(19)6-7-11(13)16(25)22-15/h2-8,11H,9H2,1H3,(H,21,23). The molecule has 1 unspecified atom stereocenters. The summed E-state index contributed by atoms with van der Waals surface area (Å²) in [7, 11) is 1.62. The average Bonchev–Trinajstić information content (AvgIpc) is 3.14. The molecule has 0 saturated carbocycles. The van der Waals surface area contributed by atoms with E-state index >= 15 is 0 Å². The number of para-hydroxylation sites is 2. The molecule has 1 aliphatic heterocycles. The zero-order valence-electron chi connectivity index (χ0n) is 14.6. The molecule has 7 nitrogen and oxygen atoms in total. The van der Waals surface area contributed by atoms with Gasteiger partial charge in [0.15, 0.2) is 4.34 Å². The highest BCUT2D eigenvalue weighted by atomic mass is 35.5. The van der Waals surface area contributed by atoms with Gasteiger partial charge >= 0.3 is 0 Å². The number of thioether (sulfide) groups is 1. The average molecular weight is 432 g/mol. The highest BCUT2D eigenvalue weighted by molar-refractivity contribution is 8.01. The molecule has 0 spiro atoms. The van der Waals surface area contributed by atoms with Crippen LogP contribution in [0.5, 0.6) is 5.75 Å². The van der Waals surface area contributed by atoms with E-state index < -0.39 is 5.92 Å². The van der Waals surface area contributed by atoms with Crippen LogP contribution in [-0.4, -0.2) is 40.5 Å². The second kappa shape index (κ2) is 8.26. The van der Waals surface area contributed by atoms with Gasteiger partial charge in [-0.05, 0) is 24.3 Å². The largest absolute Gasteiger partial charge is 0.495 e. The van der Waals surface area contributed by atoms with Gasteiger partial charge < -0.3 is 10.1 Å². The summed E-state index contributed by atoms with van der Waals surface area (Å²) in [6, 6.07) is 7.57. The van der Waals surface area contributed by atoms with Crippen LogP contribution in [0.1, 0.15) is 0 Å². The van der Waals surface area contributed by atoms with Crippen molar-refractivity contribution in [1.29, 1.82) is 0 Å². The number of fused-ring (bicyclic) bond motifs is 1. The molecule has 28 heavy (non-hydrogen) atoms. The number of aliphatic imine (C=N–C) groups is 2. The second-order valence-corrected chi connectivity index (χ2v) is 8.39. The Morgan fingerprint density at radius 3 is 3.00 bits per heavy atom. The Balaban J connectivity index is 1.41. The van der Waals surface area contributed by atoms with Crippen LogP contribution in [0, 0.1) is 5.92 Å². The number of amidine groups is 1. The maximum atomic E-state index is 12.2. The van der Waals surface area contributed by atoms with Crippen molar-refractivity contribution in [2.45, 2.75) is 4.34 Å². The van der Waals surface area contributed by atoms with Gasteiger partial charge in [-0.2, -0.15) is 4.99 Å². The topological polar surface area (TPSA) is 88.8 Å². The smallest absolute Gasteiger partial charge is 0.260 e. The monoisotopic (exact) mass is 431 g/mol. The second-order valence-electron chi connectivity index (χ2n) is 5.76. The number of carbonyl (C=O) groups is 1. The Labute approximate surface area is 174 Å². The molecule has 2 aliphatic rings. The lowest BCUT2D eigenvalue weighted by Crippen LogP contribution is -2.28. The van der Waals surface area contributed by atoms with Crippen LogP contribution < -0.4 is 10.1 Å². The van der Waals surface area contributed by atoms with Gasteiger partial charge in [0.25, 0.3) is 5.91 Å².